The predicted octanol–water partition coefficient (Wildman–Crippen LogP) is 4.22. The summed E-state index contributed by atoms with van der Waals surface area (Å²) in [7, 11) is 3.03. The number of fused-ring (bicyclic) bond motifs is 1. The number of nitrogens with one attached hydrogen (secondary N) is 1. The van der Waals surface area contributed by atoms with E-state index in [1.54, 1.807) is 42.6 Å². The number of para-hydroxylation sites is 1. The highest BCUT2D eigenvalue weighted by Gasteiger charge is 2.14. The van der Waals surface area contributed by atoms with Crippen molar-refractivity contribution in [2.75, 3.05) is 19.5 Å². The highest BCUT2D eigenvalue weighted by molar-refractivity contribution is 6.12. The summed E-state index contributed by atoms with van der Waals surface area (Å²) in [4.78, 5) is 16.9. The molecule has 0 aliphatic rings. The molecule has 3 aromatic rings. The summed E-state index contributed by atoms with van der Waals surface area (Å²) < 4.78 is 10.6. The lowest BCUT2D eigenvalue weighted by molar-refractivity contribution is -0.112. The van der Waals surface area contributed by atoms with Crippen LogP contribution in [0.25, 0.3) is 17.0 Å². The number of carbonyl (C=O) groups is 1. The Hall–Kier alpha value is -3.56. The van der Waals surface area contributed by atoms with Gasteiger partial charge in [-0.15, -0.1) is 12.4 Å². The Labute approximate surface area is 168 Å². The minimum atomic E-state index is -0.515. The molecule has 0 aliphatic heterocycles. The van der Waals surface area contributed by atoms with Gasteiger partial charge in [0.05, 0.1) is 25.4 Å². The number of hydrogen-bond acceptors (Lipinski definition) is 5. The monoisotopic (exact) mass is 395 g/mol. The van der Waals surface area contributed by atoms with Crippen LogP contribution < -0.4 is 14.8 Å². The standard InChI is InChI=1S/C21H17N3O3.ClH/c1-26-19-10-3-6-14(20(19)27-2)12-15(13-22)21(25)24-18-9-4-8-17-16(18)7-5-11-23-17;/h3-12H,1-2H3,(H,24,25);1H. The second-order valence-electron chi connectivity index (χ2n) is 5.58. The molecule has 142 valence electrons. The van der Waals surface area contributed by atoms with Crippen LogP contribution in [0.15, 0.2) is 60.3 Å². The molecule has 1 aromatic heterocycles. The van der Waals surface area contributed by atoms with E-state index in [0.29, 0.717) is 22.7 Å². The molecule has 0 atom stereocenters. The minimum Gasteiger partial charge on any atom is -0.493 e. The Morgan fingerprint density at radius 1 is 1.11 bits per heavy atom. The van der Waals surface area contributed by atoms with Crippen molar-refractivity contribution in [2.24, 2.45) is 0 Å². The molecule has 0 radical (unpaired) electrons. The summed E-state index contributed by atoms with van der Waals surface area (Å²) in [5.41, 5.74) is 1.86. The maximum absolute atomic E-state index is 12.7. The van der Waals surface area contributed by atoms with Crippen LogP contribution in [-0.2, 0) is 4.79 Å². The summed E-state index contributed by atoms with van der Waals surface area (Å²) in [6.45, 7) is 0. The van der Waals surface area contributed by atoms with E-state index >= 15 is 0 Å². The van der Waals surface area contributed by atoms with E-state index in [1.165, 1.54) is 20.3 Å². The fourth-order valence-electron chi connectivity index (χ4n) is 2.73. The molecule has 28 heavy (non-hydrogen) atoms. The molecule has 0 saturated heterocycles. The zero-order chi connectivity index (χ0) is 19.2. The predicted molar refractivity (Wildman–Crippen MR) is 111 cm³/mol. The van der Waals surface area contributed by atoms with Gasteiger partial charge in [-0.2, -0.15) is 5.26 Å². The average molecular weight is 396 g/mol. The minimum absolute atomic E-state index is 0. The van der Waals surface area contributed by atoms with E-state index < -0.39 is 5.91 Å². The number of aromatic nitrogens is 1. The normalized spacial score (nSPS) is 10.5. The first-order chi connectivity index (χ1) is 13.2. The van der Waals surface area contributed by atoms with Gasteiger partial charge < -0.3 is 14.8 Å². The third kappa shape index (κ3) is 4.22. The summed E-state index contributed by atoms with van der Waals surface area (Å²) in [5, 5.41) is 13.1. The second-order valence-corrected chi connectivity index (χ2v) is 5.58. The van der Waals surface area contributed by atoms with Crippen molar-refractivity contribution in [1.82, 2.24) is 4.98 Å². The van der Waals surface area contributed by atoms with Gasteiger partial charge in [-0.25, -0.2) is 0 Å². The molecule has 1 heterocycles. The van der Waals surface area contributed by atoms with Crippen molar-refractivity contribution in [1.29, 1.82) is 5.26 Å². The third-order valence-corrected chi connectivity index (χ3v) is 3.99. The molecule has 6 nitrogen and oxygen atoms in total. The van der Waals surface area contributed by atoms with Crippen molar-refractivity contribution in [2.45, 2.75) is 0 Å². The van der Waals surface area contributed by atoms with Crippen LogP contribution in [0.1, 0.15) is 5.56 Å². The Kier molecular flexibility index (Phi) is 6.96. The fraction of sp³-hybridized carbons (Fsp3) is 0.0952. The second kappa shape index (κ2) is 9.40. The molecule has 0 aliphatic carbocycles. The van der Waals surface area contributed by atoms with Crippen LogP contribution in [-0.4, -0.2) is 25.1 Å². The van der Waals surface area contributed by atoms with Gasteiger partial charge in [0.15, 0.2) is 11.5 Å². The first-order valence-corrected chi connectivity index (χ1v) is 8.16. The molecular formula is C21H18ClN3O3. The van der Waals surface area contributed by atoms with Crippen LogP contribution in [0.2, 0.25) is 0 Å². The molecule has 7 heteroatoms. The Balaban J connectivity index is 0.00000280. The Morgan fingerprint density at radius 2 is 1.89 bits per heavy atom. The molecule has 0 unspecified atom stereocenters. The number of methoxy groups -OCH3 is 2. The van der Waals surface area contributed by atoms with Crippen molar-refractivity contribution >= 4 is 41.0 Å². The maximum Gasteiger partial charge on any atom is 0.266 e. The van der Waals surface area contributed by atoms with Gasteiger partial charge in [-0.3, -0.25) is 9.78 Å². The van der Waals surface area contributed by atoms with Crippen LogP contribution in [0.4, 0.5) is 5.69 Å². The first kappa shape index (κ1) is 20.7. The van der Waals surface area contributed by atoms with Gasteiger partial charge in [0, 0.05) is 17.1 Å². The quantitative estimate of drug-likeness (QED) is 0.516. The third-order valence-electron chi connectivity index (χ3n) is 3.99. The molecule has 0 fully saturated rings. The summed E-state index contributed by atoms with van der Waals surface area (Å²) in [6.07, 6.45) is 3.16. The number of anilines is 1. The van der Waals surface area contributed by atoms with E-state index in [0.717, 1.165) is 10.9 Å². The number of pyridine rings is 1. The number of hydrogen-bond donors (Lipinski definition) is 1. The number of benzene rings is 2. The van der Waals surface area contributed by atoms with Crippen molar-refractivity contribution in [3.63, 3.8) is 0 Å². The first-order valence-electron chi connectivity index (χ1n) is 8.16. The maximum atomic E-state index is 12.7. The highest BCUT2D eigenvalue weighted by atomic mass is 35.5. The van der Waals surface area contributed by atoms with E-state index in [4.69, 9.17) is 9.47 Å². The van der Waals surface area contributed by atoms with Gasteiger partial charge in [-0.05, 0) is 36.4 Å². The topological polar surface area (TPSA) is 84.2 Å². The molecule has 3 rings (SSSR count). The van der Waals surface area contributed by atoms with Gasteiger partial charge in [0.2, 0.25) is 0 Å². The van der Waals surface area contributed by atoms with Crippen molar-refractivity contribution < 1.29 is 14.3 Å². The van der Waals surface area contributed by atoms with Crippen LogP contribution in [0, 0.1) is 11.3 Å². The lowest BCUT2D eigenvalue weighted by atomic mass is 10.1. The Morgan fingerprint density at radius 3 is 2.61 bits per heavy atom. The summed E-state index contributed by atoms with van der Waals surface area (Å²) >= 11 is 0. The van der Waals surface area contributed by atoms with Crippen LogP contribution >= 0.6 is 12.4 Å². The molecule has 0 bridgehead atoms. The smallest absolute Gasteiger partial charge is 0.266 e. The summed E-state index contributed by atoms with van der Waals surface area (Å²) in [6, 6.07) is 16.3. The van der Waals surface area contributed by atoms with Gasteiger partial charge >= 0.3 is 0 Å². The lowest BCUT2D eigenvalue weighted by Crippen LogP contribution is -2.13. The van der Waals surface area contributed by atoms with Gasteiger partial charge in [0.25, 0.3) is 5.91 Å². The van der Waals surface area contributed by atoms with Crippen LogP contribution in [0.5, 0.6) is 11.5 Å². The molecule has 0 spiro atoms. The highest BCUT2D eigenvalue weighted by Crippen LogP contribution is 2.32. The van der Waals surface area contributed by atoms with Gasteiger partial charge in [-0.1, -0.05) is 18.2 Å². The molecule has 0 saturated carbocycles. The summed E-state index contributed by atoms with van der Waals surface area (Å²) in [5.74, 6) is 0.456. The number of nitrogens with zero attached hydrogens (tertiary/aromatic N) is 2. The van der Waals surface area contributed by atoms with Crippen LogP contribution in [0.3, 0.4) is 0 Å². The molecule has 2 aromatic carbocycles. The largest absolute Gasteiger partial charge is 0.493 e. The van der Waals surface area contributed by atoms with E-state index in [9.17, 15) is 10.1 Å². The fourth-order valence-corrected chi connectivity index (χ4v) is 2.73. The SMILES string of the molecule is COc1cccc(C=C(C#N)C(=O)Nc2cccc3ncccc23)c1OC.Cl. The number of carbonyl (C=O) groups excluding carboxylic acids is 1. The molecule has 1 amide bonds. The van der Waals surface area contributed by atoms with Gasteiger partial charge in [0.1, 0.15) is 11.6 Å². The Bertz CT molecular complexity index is 1070. The van der Waals surface area contributed by atoms with Crippen molar-refractivity contribution in [3.05, 3.63) is 65.9 Å². The zero-order valence-electron chi connectivity index (χ0n) is 15.3. The van der Waals surface area contributed by atoms with E-state index in [2.05, 4.69) is 10.3 Å². The number of halogens is 1. The number of nitriles is 1. The van der Waals surface area contributed by atoms with Crippen molar-refractivity contribution in [3.8, 4) is 17.6 Å². The number of ether oxygens (including phenoxy) is 2. The lowest BCUT2D eigenvalue weighted by Gasteiger charge is -2.11. The van der Waals surface area contributed by atoms with E-state index in [-0.39, 0.29) is 18.0 Å². The average Bonchev–Trinajstić information content (AvgIpc) is 2.71. The van der Waals surface area contributed by atoms with E-state index in [1.807, 2.05) is 18.2 Å². The zero-order valence-corrected chi connectivity index (χ0v) is 16.1. The number of amides is 1. The molecular weight excluding hydrogens is 378 g/mol. The molecule has 1 N–H and O–H groups in total. The number of rotatable bonds is 5.